The molecule has 2 N–H and O–H groups in total. The van der Waals surface area contributed by atoms with Crippen LogP contribution >= 0.6 is 0 Å². The minimum atomic E-state index is -0.0338. The molecule has 0 aliphatic carbocycles. The lowest BCUT2D eigenvalue weighted by Gasteiger charge is -2.14. The normalized spacial score (nSPS) is 12.4. The Labute approximate surface area is 120 Å². The van der Waals surface area contributed by atoms with Crippen molar-refractivity contribution in [3.05, 3.63) is 47.3 Å². The van der Waals surface area contributed by atoms with Crippen molar-refractivity contribution >= 4 is 0 Å². The maximum absolute atomic E-state index is 5.97. The van der Waals surface area contributed by atoms with E-state index in [1.165, 1.54) is 0 Å². The highest BCUT2D eigenvalue weighted by Gasteiger charge is 2.10. The maximum atomic E-state index is 5.97. The fourth-order valence-electron chi connectivity index (χ4n) is 2.22. The molecule has 1 unspecified atom stereocenters. The summed E-state index contributed by atoms with van der Waals surface area (Å²) in [5.74, 6) is 0.851. The van der Waals surface area contributed by atoms with Crippen LogP contribution in [0.1, 0.15) is 43.8 Å². The topological polar surface area (TPSA) is 53.1 Å². The number of ether oxygens (including phenoxy) is 1. The van der Waals surface area contributed by atoms with E-state index in [1.807, 2.05) is 35.9 Å². The average Bonchev–Trinajstić information content (AvgIpc) is 2.87. The van der Waals surface area contributed by atoms with Crippen molar-refractivity contribution in [3.63, 3.8) is 0 Å². The molecule has 0 amide bonds. The van der Waals surface area contributed by atoms with Crippen LogP contribution in [0, 0.1) is 0 Å². The number of aromatic nitrogens is 2. The van der Waals surface area contributed by atoms with Gasteiger partial charge in [0.1, 0.15) is 12.4 Å². The zero-order valence-electron chi connectivity index (χ0n) is 12.5. The summed E-state index contributed by atoms with van der Waals surface area (Å²) in [5, 5.41) is 4.53. The first-order valence-electron chi connectivity index (χ1n) is 7.18. The van der Waals surface area contributed by atoms with Crippen LogP contribution < -0.4 is 10.5 Å². The summed E-state index contributed by atoms with van der Waals surface area (Å²) in [5.41, 5.74) is 9.20. The van der Waals surface area contributed by atoms with E-state index >= 15 is 0 Å². The second-order valence-electron chi connectivity index (χ2n) is 4.91. The van der Waals surface area contributed by atoms with Crippen LogP contribution in [-0.2, 0) is 19.6 Å². The van der Waals surface area contributed by atoms with Gasteiger partial charge >= 0.3 is 0 Å². The van der Waals surface area contributed by atoms with E-state index in [4.69, 9.17) is 10.5 Å². The lowest BCUT2D eigenvalue weighted by molar-refractivity contribution is 0.288. The average molecular weight is 273 g/mol. The third-order valence-corrected chi connectivity index (χ3v) is 3.36. The van der Waals surface area contributed by atoms with Gasteiger partial charge < -0.3 is 10.5 Å². The number of hydrogen-bond acceptors (Lipinski definition) is 3. The van der Waals surface area contributed by atoms with Crippen molar-refractivity contribution in [1.29, 1.82) is 0 Å². The van der Waals surface area contributed by atoms with Crippen LogP contribution in [0.15, 0.2) is 30.3 Å². The Morgan fingerprint density at radius 2 is 2.05 bits per heavy atom. The van der Waals surface area contributed by atoms with Crippen LogP contribution in [0.5, 0.6) is 5.75 Å². The Hall–Kier alpha value is -1.81. The number of hydrogen-bond donors (Lipinski definition) is 1. The van der Waals surface area contributed by atoms with Gasteiger partial charge in [-0.25, -0.2) is 0 Å². The summed E-state index contributed by atoms with van der Waals surface area (Å²) >= 11 is 0. The Morgan fingerprint density at radius 1 is 1.30 bits per heavy atom. The van der Waals surface area contributed by atoms with Crippen molar-refractivity contribution in [1.82, 2.24) is 9.78 Å². The van der Waals surface area contributed by atoms with Crippen LogP contribution in [0.2, 0.25) is 0 Å². The van der Waals surface area contributed by atoms with Crippen molar-refractivity contribution < 1.29 is 4.74 Å². The summed E-state index contributed by atoms with van der Waals surface area (Å²) in [6, 6.07) is 10.00. The molecule has 0 spiro atoms. The maximum Gasteiger partial charge on any atom is 0.130 e. The summed E-state index contributed by atoms with van der Waals surface area (Å²) in [6.45, 7) is 7.54. The van der Waals surface area contributed by atoms with E-state index in [1.54, 1.807) is 0 Å². The van der Waals surface area contributed by atoms with Gasteiger partial charge in [0.05, 0.1) is 11.4 Å². The molecule has 0 saturated carbocycles. The SMILES string of the molecule is CCc1cc(COc2ccccc2C(C)N)n(CC)n1. The zero-order valence-corrected chi connectivity index (χ0v) is 12.5. The smallest absolute Gasteiger partial charge is 0.130 e. The number of para-hydroxylation sites is 1. The third kappa shape index (κ3) is 3.20. The van der Waals surface area contributed by atoms with Gasteiger partial charge in [0.25, 0.3) is 0 Å². The Kier molecular flexibility index (Phi) is 4.79. The van der Waals surface area contributed by atoms with E-state index in [0.29, 0.717) is 6.61 Å². The molecule has 0 bridgehead atoms. The lowest BCUT2D eigenvalue weighted by Crippen LogP contribution is -2.10. The van der Waals surface area contributed by atoms with Crippen LogP contribution in [-0.4, -0.2) is 9.78 Å². The highest BCUT2D eigenvalue weighted by molar-refractivity contribution is 5.35. The molecule has 1 aromatic carbocycles. The summed E-state index contributed by atoms with van der Waals surface area (Å²) in [4.78, 5) is 0. The molecule has 1 aromatic heterocycles. The van der Waals surface area contributed by atoms with Crippen molar-refractivity contribution in [2.75, 3.05) is 0 Å². The minimum Gasteiger partial charge on any atom is -0.487 e. The molecular formula is C16H23N3O. The molecule has 0 aliphatic heterocycles. The van der Waals surface area contributed by atoms with Gasteiger partial charge in [-0.3, -0.25) is 4.68 Å². The van der Waals surface area contributed by atoms with Gasteiger partial charge in [0.15, 0.2) is 0 Å². The molecular weight excluding hydrogens is 250 g/mol. The molecule has 4 heteroatoms. The molecule has 1 heterocycles. The van der Waals surface area contributed by atoms with Gasteiger partial charge in [-0.1, -0.05) is 25.1 Å². The first-order chi connectivity index (χ1) is 9.65. The van der Waals surface area contributed by atoms with E-state index in [-0.39, 0.29) is 6.04 Å². The summed E-state index contributed by atoms with van der Waals surface area (Å²) in [6.07, 6.45) is 0.941. The minimum absolute atomic E-state index is 0.0338. The molecule has 0 saturated heterocycles. The zero-order chi connectivity index (χ0) is 14.5. The molecule has 4 nitrogen and oxygen atoms in total. The van der Waals surface area contributed by atoms with Gasteiger partial charge in [-0.15, -0.1) is 0 Å². The number of nitrogens with two attached hydrogens (primary N) is 1. The fraction of sp³-hybridized carbons (Fsp3) is 0.438. The van der Waals surface area contributed by atoms with Crippen molar-refractivity contribution in [2.45, 2.75) is 46.4 Å². The van der Waals surface area contributed by atoms with Crippen LogP contribution in [0.4, 0.5) is 0 Å². The van der Waals surface area contributed by atoms with Crippen molar-refractivity contribution in [3.8, 4) is 5.75 Å². The predicted octanol–water partition coefficient (Wildman–Crippen LogP) is 3.06. The molecule has 108 valence electrons. The Balaban J connectivity index is 2.14. The monoisotopic (exact) mass is 273 g/mol. The molecule has 2 rings (SSSR count). The third-order valence-electron chi connectivity index (χ3n) is 3.36. The number of nitrogens with zero attached hydrogens (tertiary/aromatic N) is 2. The highest BCUT2D eigenvalue weighted by atomic mass is 16.5. The Morgan fingerprint density at radius 3 is 2.70 bits per heavy atom. The van der Waals surface area contributed by atoms with Crippen LogP contribution in [0.25, 0.3) is 0 Å². The number of aryl methyl sites for hydroxylation is 2. The van der Waals surface area contributed by atoms with E-state index in [2.05, 4.69) is 25.0 Å². The van der Waals surface area contributed by atoms with Gasteiger partial charge in [-0.05, 0) is 32.4 Å². The largest absolute Gasteiger partial charge is 0.487 e. The summed E-state index contributed by atoms with van der Waals surface area (Å²) in [7, 11) is 0. The molecule has 0 radical (unpaired) electrons. The van der Waals surface area contributed by atoms with Crippen molar-refractivity contribution in [2.24, 2.45) is 5.73 Å². The lowest BCUT2D eigenvalue weighted by atomic mass is 10.1. The van der Waals surface area contributed by atoms with Gasteiger partial charge in [0, 0.05) is 18.2 Å². The molecule has 0 fully saturated rings. The first kappa shape index (κ1) is 14.6. The summed E-state index contributed by atoms with van der Waals surface area (Å²) < 4.78 is 7.94. The molecule has 1 atom stereocenters. The number of rotatable bonds is 6. The fourth-order valence-corrected chi connectivity index (χ4v) is 2.22. The highest BCUT2D eigenvalue weighted by Crippen LogP contribution is 2.24. The van der Waals surface area contributed by atoms with E-state index in [0.717, 1.165) is 35.7 Å². The Bertz CT molecular complexity index is 561. The molecule has 20 heavy (non-hydrogen) atoms. The molecule has 0 aliphatic rings. The standard InChI is InChI=1S/C16H23N3O/c1-4-13-10-14(19(5-2)18-13)11-20-16-9-7-6-8-15(16)12(3)17/h6-10,12H,4-5,11,17H2,1-3H3. The predicted molar refractivity (Wildman–Crippen MR) is 80.7 cm³/mol. The van der Waals surface area contributed by atoms with Gasteiger partial charge in [0.2, 0.25) is 0 Å². The number of benzene rings is 1. The van der Waals surface area contributed by atoms with E-state index in [9.17, 15) is 0 Å². The quantitative estimate of drug-likeness (QED) is 0.880. The van der Waals surface area contributed by atoms with Crippen LogP contribution in [0.3, 0.4) is 0 Å². The molecule has 2 aromatic rings. The second-order valence-corrected chi connectivity index (χ2v) is 4.91. The van der Waals surface area contributed by atoms with E-state index < -0.39 is 0 Å². The second kappa shape index (κ2) is 6.57. The van der Waals surface area contributed by atoms with Gasteiger partial charge in [-0.2, -0.15) is 5.10 Å². The first-order valence-corrected chi connectivity index (χ1v) is 7.18.